The van der Waals surface area contributed by atoms with Crippen LogP contribution in [0, 0.1) is 23.0 Å². The Kier molecular flexibility index (Phi) is 3.03. The van der Waals surface area contributed by atoms with Crippen molar-refractivity contribution < 1.29 is 8.78 Å². The average molecular weight is 287 g/mol. The molecule has 3 heterocycles. The van der Waals surface area contributed by atoms with Crippen molar-refractivity contribution in [2.24, 2.45) is 0 Å². The molecule has 2 aromatic heterocycles. The van der Waals surface area contributed by atoms with Crippen molar-refractivity contribution in [2.45, 2.75) is 19.0 Å². The molecule has 0 saturated heterocycles. The highest BCUT2D eigenvalue weighted by Crippen LogP contribution is 2.36. The molecule has 7 heteroatoms. The summed E-state index contributed by atoms with van der Waals surface area (Å²) < 4.78 is 27.1. The van der Waals surface area contributed by atoms with Gasteiger partial charge in [0, 0.05) is 11.8 Å². The maximum Gasteiger partial charge on any atom is 0.149 e. The molecule has 1 aliphatic heterocycles. The fraction of sp³-hybridized carbons (Fsp3) is 0.214. The van der Waals surface area contributed by atoms with Gasteiger partial charge < -0.3 is 0 Å². The number of pyridine rings is 2. The van der Waals surface area contributed by atoms with Crippen LogP contribution in [-0.2, 0) is 12.1 Å². The molecule has 0 bridgehead atoms. The third-order valence-corrected chi connectivity index (χ3v) is 3.35. The van der Waals surface area contributed by atoms with Gasteiger partial charge in [-0.05, 0) is 25.1 Å². The van der Waals surface area contributed by atoms with E-state index < -0.39 is 17.2 Å². The van der Waals surface area contributed by atoms with E-state index in [1.54, 1.807) is 6.92 Å². The number of hydrogen-bond donors (Lipinski definition) is 1. The van der Waals surface area contributed by atoms with E-state index in [-0.39, 0.29) is 12.2 Å². The van der Waals surface area contributed by atoms with Gasteiger partial charge in [-0.25, -0.2) is 19.2 Å². The van der Waals surface area contributed by atoms with Gasteiger partial charge in [0.1, 0.15) is 23.0 Å². The third kappa shape index (κ3) is 2.19. The molecule has 0 amide bonds. The number of nitrogens with one attached hydrogen (secondary N) is 1. The first-order valence-electron chi connectivity index (χ1n) is 6.25. The summed E-state index contributed by atoms with van der Waals surface area (Å²) >= 11 is 0. The summed E-state index contributed by atoms with van der Waals surface area (Å²) in [6.07, 6.45) is 2.54. The lowest BCUT2D eigenvalue weighted by molar-refractivity contribution is 0.471. The summed E-state index contributed by atoms with van der Waals surface area (Å²) in [4.78, 5) is 7.96. The minimum Gasteiger partial charge on any atom is -0.284 e. The molecule has 1 unspecified atom stereocenters. The Morgan fingerprint density at radius 1 is 1.43 bits per heavy atom. The SMILES string of the molecule is CC1(C#N)NN(Cc2ncccc2F)c2ncc(F)cc21. The molecule has 1 N–H and O–H groups in total. The number of halogens is 2. The normalized spacial score (nSPS) is 20.2. The van der Waals surface area contributed by atoms with Crippen molar-refractivity contribution in [3.05, 3.63) is 53.5 Å². The molecule has 0 radical (unpaired) electrons. The van der Waals surface area contributed by atoms with Crippen molar-refractivity contribution in [1.29, 1.82) is 5.26 Å². The number of anilines is 1. The van der Waals surface area contributed by atoms with Gasteiger partial charge in [-0.1, -0.05) is 0 Å². The molecule has 0 aliphatic carbocycles. The van der Waals surface area contributed by atoms with E-state index in [1.807, 2.05) is 0 Å². The lowest BCUT2D eigenvalue weighted by Crippen LogP contribution is -2.43. The lowest BCUT2D eigenvalue weighted by Gasteiger charge is -2.21. The number of nitriles is 1. The van der Waals surface area contributed by atoms with Gasteiger partial charge in [0.15, 0.2) is 0 Å². The minimum absolute atomic E-state index is 0.0789. The van der Waals surface area contributed by atoms with Crippen molar-refractivity contribution in [3.63, 3.8) is 0 Å². The maximum atomic E-state index is 13.7. The zero-order valence-corrected chi connectivity index (χ0v) is 11.1. The van der Waals surface area contributed by atoms with Crippen molar-refractivity contribution in [3.8, 4) is 6.07 Å². The number of hydrogen-bond acceptors (Lipinski definition) is 5. The van der Waals surface area contributed by atoms with E-state index in [0.29, 0.717) is 11.4 Å². The predicted molar refractivity (Wildman–Crippen MR) is 70.7 cm³/mol. The standard InChI is InChI=1S/C14H11F2N5/c1-14(8-17)10-5-9(15)6-19-13(10)21(20-14)7-12-11(16)3-2-4-18-12/h2-6,20H,7H2,1H3. The smallest absolute Gasteiger partial charge is 0.149 e. The largest absolute Gasteiger partial charge is 0.284 e. The van der Waals surface area contributed by atoms with Crippen molar-refractivity contribution in [1.82, 2.24) is 15.4 Å². The fourth-order valence-corrected chi connectivity index (χ4v) is 2.28. The zero-order chi connectivity index (χ0) is 15.0. The van der Waals surface area contributed by atoms with Gasteiger partial charge in [0.05, 0.1) is 24.5 Å². The van der Waals surface area contributed by atoms with Crippen LogP contribution in [0.1, 0.15) is 18.2 Å². The number of nitrogens with zero attached hydrogens (tertiary/aromatic N) is 4. The molecule has 1 atom stereocenters. The summed E-state index contributed by atoms with van der Waals surface area (Å²) in [6, 6.07) is 6.14. The van der Waals surface area contributed by atoms with Gasteiger partial charge in [-0.3, -0.25) is 9.99 Å². The summed E-state index contributed by atoms with van der Waals surface area (Å²) in [5.74, 6) is -0.582. The molecule has 106 valence electrons. The summed E-state index contributed by atoms with van der Waals surface area (Å²) in [6.45, 7) is 1.69. The van der Waals surface area contributed by atoms with E-state index in [1.165, 1.54) is 29.4 Å². The number of aromatic nitrogens is 2. The summed E-state index contributed by atoms with van der Waals surface area (Å²) in [7, 11) is 0. The molecule has 2 aromatic rings. The average Bonchev–Trinajstić information content (AvgIpc) is 2.75. The molecule has 0 spiro atoms. The second-order valence-corrected chi connectivity index (χ2v) is 4.89. The van der Waals surface area contributed by atoms with Crippen LogP contribution in [0.4, 0.5) is 14.6 Å². The predicted octanol–water partition coefficient (Wildman–Crippen LogP) is 2.02. The lowest BCUT2D eigenvalue weighted by atomic mass is 9.97. The highest BCUT2D eigenvalue weighted by molar-refractivity contribution is 5.57. The van der Waals surface area contributed by atoms with Gasteiger partial charge >= 0.3 is 0 Å². The Morgan fingerprint density at radius 3 is 2.95 bits per heavy atom. The first-order chi connectivity index (χ1) is 10.0. The van der Waals surface area contributed by atoms with Crippen LogP contribution in [0.15, 0.2) is 30.6 Å². The molecule has 0 fully saturated rings. The summed E-state index contributed by atoms with van der Waals surface area (Å²) in [5.41, 5.74) is 2.44. The van der Waals surface area contributed by atoms with Crippen LogP contribution in [0.5, 0.6) is 0 Å². The molecule has 1 aliphatic rings. The highest BCUT2D eigenvalue weighted by Gasteiger charge is 2.40. The van der Waals surface area contributed by atoms with Crippen LogP contribution < -0.4 is 10.4 Å². The van der Waals surface area contributed by atoms with Gasteiger partial charge in [-0.2, -0.15) is 5.26 Å². The van der Waals surface area contributed by atoms with E-state index in [0.717, 1.165) is 6.20 Å². The third-order valence-electron chi connectivity index (χ3n) is 3.35. The Balaban J connectivity index is 2.00. The molecule has 0 saturated carbocycles. The Labute approximate surface area is 119 Å². The molecular formula is C14H11F2N5. The van der Waals surface area contributed by atoms with Crippen molar-refractivity contribution >= 4 is 5.82 Å². The second kappa shape index (κ2) is 4.75. The van der Waals surface area contributed by atoms with Crippen molar-refractivity contribution in [2.75, 3.05) is 5.01 Å². The quantitative estimate of drug-likeness (QED) is 0.915. The zero-order valence-electron chi connectivity index (χ0n) is 11.1. The van der Waals surface area contributed by atoms with E-state index in [2.05, 4.69) is 21.5 Å². The van der Waals surface area contributed by atoms with Gasteiger partial charge in [-0.15, -0.1) is 0 Å². The maximum absolute atomic E-state index is 13.7. The van der Waals surface area contributed by atoms with Gasteiger partial charge in [0.2, 0.25) is 0 Å². The molecular weight excluding hydrogens is 276 g/mol. The minimum atomic E-state index is -1.12. The topological polar surface area (TPSA) is 64.8 Å². The van der Waals surface area contributed by atoms with E-state index >= 15 is 0 Å². The van der Waals surface area contributed by atoms with E-state index in [9.17, 15) is 14.0 Å². The Morgan fingerprint density at radius 2 is 2.24 bits per heavy atom. The Hall–Kier alpha value is -2.59. The molecule has 5 nitrogen and oxygen atoms in total. The number of hydrazine groups is 1. The molecule has 21 heavy (non-hydrogen) atoms. The first-order valence-corrected chi connectivity index (χ1v) is 6.25. The summed E-state index contributed by atoms with van der Waals surface area (Å²) in [5, 5.41) is 10.8. The highest BCUT2D eigenvalue weighted by atomic mass is 19.1. The molecule has 3 rings (SSSR count). The molecule has 0 aromatic carbocycles. The monoisotopic (exact) mass is 287 g/mol. The second-order valence-electron chi connectivity index (χ2n) is 4.89. The van der Waals surface area contributed by atoms with Crippen LogP contribution in [-0.4, -0.2) is 9.97 Å². The fourth-order valence-electron chi connectivity index (χ4n) is 2.28. The van der Waals surface area contributed by atoms with Crippen LogP contribution in [0.25, 0.3) is 0 Å². The Bertz CT molecular complexity index is 742. The van der Waals surface area contributed by atoms with Crippen LogP contribution >= 0.6 is 0 Å². The van der Waals surface area contributed by atoms with E-state index in [4.69, 9.17) is 0 Å². The van der Waals surface area contributed by atoms with Gasteiger partial charge in [0.25, 0.3) is 0 Å². The van der Waals surface area contributed by atoms with Crippen LogP contribution in [0.2, 0.25) is 0 Å². The van der Waals surface area contributed by atoms with Crippen LogP contribution in [0.3, 0.4) is 0 Å². The number of rotatable bonds is 2. The number of fused-ring (bicyclic) bond motifs is 1. The first kappa shape index (κ1) is 13.4.